The molecular weight excluding hydrogens is 235 g/mol. The van der Waals surface area contributed by atoms with Gasteiger partial charge in [-0.25, -0.2) is 4.98 Å². The monoisotopic (exact) mass is 250 g/mol. The molecule has 6 heteroatoms. The predicted octanol–water partition coefficient (Wildman–Crippen LogP) is 1.04. The Kier molecular flexibility index (Phi) is 6.56. The Morgan fingerprint density at radius 3 is 2.33 bits per heavy atom. The van der Waals surface area contributed by atoms with Crippen molar-refractivity contribution in [2.24, 2.45) is 0 Å². The van der Waals surface area contributed by atoms with Crippen LogP contribution in [-0.2, 0) is 0 Å². The van der Waals surface area contributed by atoms with Gasteiger partial charge in [-0.1, -0.05) is 0 Å². The first-order valence-corrected chi connectivity index (χ1v) is 4.60. The topological polar surface area (TPSA) is 41.1 Å². The summed E-state index contributed by atoms with van der Waals surface area (Å²) in [7, 11) is 0. The Morgan fingerprint density at radius 1 is 1.13 bits per heavy atom. The fourth-order valence-electron chi connectivity index (χ4n) is 1.44. The van der Waals surface area contributed by atoms with E-state index in [1.165, 1.54) is 0 Å². The lowest BCUT2D eigenvalue weighted by Crippen LogP contribution is -2.43. The minimum Gasteiger partial charge on any atom is -0.353 e. The molecule has 1 N–H and O–H groups in total. The van der Waals surface area contributed by atoms with Gasteiger partial charge in [-0.2, -0.15) is 0 Å². The van der Waals surface area contributed by atoms with Crippen molar-refractivity contribution in [3.63, 3.8) is 0 Å². The molecule has 0 spiro atoms. The summed E-state index contributed by atoms with van der Waals surface area (Å²) in [5.74, 6) is 0.993. The maximum absolute atomic E-state index is 4.34. The number of hydrogen-bond acceptors (Lipinski definition) is 4. The van der Waals surface area contributed by atoms with Crippen molar-refractivity contribution in [1.29, 1.82) is 0 Å². The normalized spacial score (nSPS) is 15.1. The molecule has 2 heterocycles. The first-order valence-electron chi connectivity index (χ1n) is 4.60. The van der Waals surface area contributed by atoms with Gasteiger partial charge >= 0.3 is 0 Å². The molecule has 1 aromatic rings. The fraction of sp³-hybridized carbons (Fsp3) is 0.556. The first kappa shape index (κ1) is 14.4. The largest absolute Gasteiger partial charge is 0.353 e. The minimum atomic E-state index is 0. The lowest BCUT2D eigenvalue weighted by molar-refractivity contribution is 0.584. The van der Waals surface area contributed by atoms with E-state index in [0.29, 0.717) is 0 Å². The van der Waals surface area contributed by atoms with Crippen LogP contribution >= 0.6 is 24.8 Å². The van der Waals surface area contributed by atoms with Gasteiger partial charge in [-0.3, -0.25) is 4.98 Å². The van der Waals surface area contributed by atoms with E-state index in [4.69, 9.17) is 0 Å². The van der Waals surface area contributed by atoms with Crippen molar-refractivity contribution in [3.8, 4) is 0 Å². The summed E-state index contributed by atoms with van der Waals surface area (Å²) >= 11 is 0. The standard InChI is InChI=1S/C9H14N4.2ClH/c1-8-6-12-9(7-11-8)13-4-2-10-3-5-13;;/h6-7,10H,2-5H2,1H3;2*1H. The zero-order valence-electron chi connectivity index (χ0n) is 8.64. The average molecular weight is 251 g/mol. The summed E-state index contributed by atoms with van der Waals surface area (Å²) in [5, 5.41) is 3.31. The number of piperazine rings is 1. The lowest BCUT2D eigenvalue weighted by atomic mass is 10.3. The van der Waals surface area contributed by atoms with Gasteiger partial charge in [-0.05, 0) is 6.92 Å². The highest BCUT2D eigenvalue weighted by Gasteiger charge is 2.10. The number of nitrogens with zero attached hydrogens (tertiary/aromatic N) is 3. The van der Waals surface area contributed by atoms with E-state index in [1.54, 1.807) is 0 Å². The quantitative estimate of drug-likeness (QED) is 0.809. The highest BCUT2D eigenvalue weighted by Crippen LogP contribution is 2.08. The van der Waals surface area contributed by atoms with Gasteiger partial charge in [0.15, 0.2) is 0 Å². The molecule has 0 bridgehead atoms. The number of anilines is 1. The van der Waals surface area contributed by atoms with Crippen molar-refractivity contribution in [3.05, 3.63) is 18.1 Å². The Balaban J connectivity index is 0.000000980. The van der Waals surface area contributed by atoms with Crippen LogP contribution in [-0.4, -0.2) is 36.1 Å². The van der Waals surface area contributed by atoms with Crippen LogP contribution in [0.15, 0.2) is 12.4 Å². The predicted molar refractivity (Wildman–Crippen MR) is 66.3 cm³/mol. The summed E-state index contributed by atoms with van der Waals surface area (Å²) in [6.07, 6.45) is 3.66. The zero-order valence-corrected chi connectivity index (χ0v) is 10.3. The molecule has 0 unspecified atom stereocenters. The summed E-state index contributed by atoms with van der Waals surface area (Å²) in [5.41, 5.74) is 0.971. The van der Waals surface area contributed by atoms with Gasteiger partial charge in [0.2, 0.25) is 0 Å². The molecule has 0 amide bonds. The van der Waals surface area contributed by atoms with Gasteiger partial charge in [0.25, 0.3) is 0 Å². The van der Waals surface area contributed by atoms with E-state index in [0.717, 1.165) is 37.7 Å². The number of halogens is 2. The average Bonchev–Trinajstić information content (AvgIpc) is 2.20. The third-order valence-corrected chi connectivity index (χ3v) is 2.21. The van der Waals surface area contributed by atoms with Crippen molar-refractivity contribution in [1.82, 2.24) is 15.3 Å². The van der Waals surface area contributed by atoms with Crippen LogP contribution < -0.4 is 10.2 Å². The van der Waals surface area contributed by atoms with E-state index in [2.05, 4.69) is 20.2 Å². The maximum Gasteiger partial charge on any atom is 0.147 e. The van der Waals surface area contributed by atoms with Crippen LogP contribution in [0.2, 0.25) is 0 Å². The second-order valence-corrected chi connectivity index (χ2v) is 3.25. The number of aromatic nitrogens is 2. The number of rotatable bonds is 1. The van der Waals surface area contributed by atoms with E-state index >= 15 is 0 Å². The zero-order chi connectivity index (χ0) is 9.10. The minimum absolute atomic E-state index is 0. The van der Waals surface area contributed by atoms with E-state index < -0.39 is 0 Å². The van der Waals surface area contributed by atoms with Crippen molar-refractivity contribution >= 4 is 30.6 Å². The van der Waals surface area contributed by atoms with Crippen LogP contribution in [0.5, 0.6) is 0 Å². The molecule has 0 atom stereocenters. The van der Waals surface area contributed by atoms with Gasteiger partial charge in [0, 0.05) is 26.2 Å². The molecule has 0 radical (unpaired) electrons. The lowest BCUT2D eigenvalue weighted by Gasteiger charge is -2.27. The highest BCUT2D eigenvalue weighted by molar-refractivity contribution is 5.85. The molecule has 0 saturated carbocycles. The Hall–Kier alpha value is -0.580. The molecule has 1 fully saturated rings. The molecule has 15 heavy (non-hydrogen) atoms. The molecule has 4 nitrogen and oxygen atoms in total. The van der Waals surface area contributed by atoms with Crippen molar-refractivity contribution in [2.75, 3.05) is 31.1 Å². The molecule has 1 aliphatic heterocycles. The van der Waals surface area contributed by atoms with Gasteiger partial charge in [-0.15, -0.1) is 24.8 Å². The Morgan fingerprint density at radius 2 is 1.80 bits per heavy atom. The van der Waals surface area contributed by atoms with Crippen LogP contribution in [0, 0.1) is 6.92 Å². The smallest absolute Gasteiger partial charge is 0.147 e. The molecule has 1 saturated heterocycles. The summed E-state index contributed by atoms with van der Waals surface area (Å²) in [6, 6.07) is 0. The van der Waals surface area contributed by atoms with Gasteiger partial charge < -0.3 is 10.2 Å². The van der Waals surface area contributed by atoms with Crippen molar-refractivity contribution < 1.29 is 0 Å². The van der Waals surface area contributed by atoms with Crippen molar-refractivity contribution in [2.45, 2.75) is 6.92 Å². The summed E-state index contributed by atoms with van der Waals surface area (Å²) in [6.45, 7) is 6.08. The molecule has 0 aromatic carbocycles. The second kappa shape index (κ2) is 6.82. The van der Waals surface area contributed by atoms with E-state index in [1.807, 2.05) is 19.3 Å². The Labute approximate surface area is 102 Å². The second-order valence-electron chi connectivity index (χ2n) is 3.25. The van der Waals surface area contributed by atoms with Crippen LogP contribution in [0.1, 0.15) is 5.69 Å². The number of hydrogen-bond donors (Lipinski definition) is 1. The summed E-state index contributed by atoms with van der Waals surface area (Å²) in [4.78, 5) is 10.8. The van der Waals surface area contributed by atoms with Gasteiger partial charge in [0.05, 0.1) is 18.1 Å². The third-order valence-electron chi connectivity index (χ3n) is 2.21. The Bertz CT molecular complexity index is 272. The third kappa shape index (κ3) is 3.81. The molecule has 2 rings (SSSR count). The fourth-order valence-corrected chi connectivity index (χ4v) is 1.44. The van der Waals surface area contributed by atoms with Crippen LogP contribution in [0.3, 0.4) is 0 Å². The van der Waals surface area contributed by atoms with Gasteiger partial charge in [0.1, 0.15) is 5.82 Å². The van der Waals surface area contributed by atoms with E-state index in [-0.39, 0.29) is 24.8 Å². The van der Waals surface area contributed by atoms with Crippen LogP contribution in [0.4, 0.5) is 5.82 Å². The molecule has 86 valence electrons. The van der Waals surface area contributed by atoms with Crippen LogP contribution in [0.25, 0.3) is 0 Å². The molecule has 0 aliphatic carbocycles. The SMILES string of the molecule is Cc1cnc(N2CCNCC2)cn1.Cl.Cl. The molecule has 1 aliphatic rings. The number of nitrogens with one attached hydrogen (secondary N) is 1. The van der Waals surface area contributed by atoms with E-state index in [9.17, 15) is 0 Å². The highest BCUT2D eigenvalue weighted by atomic mass is 35.5. The first-order chi connectivity index (χ1) is 6.36. The summed E-state index contributed by atoms with van der Waals surface area (Å²) < 4.78 is 0. The maximum atomic E-state index is 4.34. The molecule has 1 aromatic heterocycles. The molecular formula is C9H16Cl2N4. The number of aryl methyl sites for hydroxylation is 1.